The first-order chi connectivity index (χ1) is 65.8. The van der Waals surface area contributed by atoms with Gasteiger partial charge in [-0.2, -0.15) is 0 Å². The van der Waals surface area contributed by atoms with Crippen molar-refractivity contribution in [2.24, 2.45) is 0 Å². The van der Waals surface area contributed by atoms with Crippen LogP contribution in [0.5, 0.6) is 5.75 Å². The fourth-order valence-electron chi connectivity index (χ4n) is 18.8. The van der Waals surface area contributed by atoms with E-state index in [9.17, 15) is 24.0 Å². The summed E-state index contributed by atoms with van der Waals surface area (Å²) in [6.07, 6.45) is 17.7. The second-order valence-electron chi connectivity index (χ2n) is 36.7. The summed E-state index contributed by atoms with van der Waals surface area (Å²) in [5.74, 6) is 0.469. The topological polar surface area (TPSA) is 296 Å². The summed E-state index contributed by atoms with van der Waals surface area (Å²) >= 11 is 16.7. The number of benzene rings is 3. The fraction of sp³-hybridized carbons (Fsp3) is 0.352. The van der Waals surface area contributed by atoms with Crippen molar-refractivity contribution in [1.82, 2.24) is 40.0 Å². The number of pyridine rings is 5. The van der Waals surface area contributed by atoms with Crippen molar-refractivity contribution in [3.05, 3.63) is 235 Å². The molecule has 29 heteroatoms. The first kappa shape index (κ1) is 98.7. The zero-order valence-electron chi connectivity index (χ0n) is 80.2. The molecule has 14 heterocycles. The standard InChI is InChI=1S/C26H26N2O2S.C22H24ClNO2S.C22H26N4OS2.C21H24N2O2S2.C17H16N2O3S/c1-5-21-16(2)22-23(19-11-13-20(30-4)14-12-19)24(31-26(22)28-17(21)3)25(29)27-15-18-9-7-6-8-10-18;1-7-16-12(2)17-18(14-9-8-10-15(23)11-14)19(21(25)26-22(4,5)6)27-20(17)24-13(16)3;1-25-9-11-26(12-10-25)22(27)20-19(23)18-17(16-8-5-13-28-16)14-6-3-2-4-7-15(14)24-21(18)29-20;1-21(2,3)25-20(24)18-17(22)16-15(14-10-7-11-26-14)12-8-5-4-6-9-13(12)23-19(16)27-18;1-2-21-17(20)15-14(18)13-12(11-7-4-8-22-11)9-5-3-6-10(9)19-16(13)23-15/h6-14H,5,15H2,1-4H3,(H,27,29);8-11H,7H2,1-6H3;5,8,13H,2-4,6-7,9-12,23H2,1H3;7,10-11H,4-6,8-9,22H2,1-3H3;4,7-8H,2-3,5-6,18H2,1H3. The van der Waals surface area contributed by atoms with E-state index in [4.69, 9.17) is 77.1 Å². The Bertz CT molecular complexity index is 7180. The van der Waals surface area contributed by atoms with Crippen LogP contribution in [0, 0.1) is 27.7 Å². The highest BCUT2D eigenvalue weighted by Gasteiger charge is 2.35. The molecule has 3 aromatic carbocycles. The van der Waals surface area contributed by atoms with E-state index in [0.29, 0.717) is 59.6 Å². The number of nitrogens with zero attached hydrogens (tertiary/aromatic N) is 7. The lowest BCUT2D eigenvalue weighted by atomic mass is 9.95. The minimum atomic E-state index is -0.564. The smallest absolute Gasteiger partial charge is 0.351 e. The number of piperazine rings is 1. The number of carbonyl (C=O) groups excluding carboxylic acids is 5. The normalized spacial score (nSPS) is 13.8. The first-order valence-corrected chi connectivity index (χ1v) is 53.1. The summed E-state index contributed by atoms with van der Waals surface area (Å²) in [5.41, 5.74) is 42.3. The van der Waals surface area contributed by atoms with Crippen LogP contribution in [-0.2, 0) is 72.1 Å². The number of aryl methyl sites for hydroxylation is 7. The molecule has 712 valence electrons. The largest absolute Gasteiger partial charge is 0.497 e. The number of ether oxygens (including phenoxy) is 4. The molecule has 21 nitrogen and oxygen atoms in total. The van der Waals surface area contributed by atoms with E-state index in [0.717, 1.165) is 203 Å². The van der Waals surface area contributed by atoms with Crippen LogP contribution < -0.4 is 27.3 Å². The van der Waals surface area contributed by atoms with Gasteiger partial charge in [0.25, 0.3) is 11.8 Å². The van der Waals surface area contributed by atoms with Crippen LogP contribution in [0.1, 0.15) is 229 Å². The molecule has 0 radical (unpaired) electrons. The van der Waals surface area contributed by atoms with Gasteiger partial charge in [-0.1, -0.05) is 105 Å². The molecule has 0 spiro atoms. The van der Waals surface area contributed by atoms with Gasteiger partial charge in [0.1, 0.15) is 71.2 Å². The number of hydrogen-bond acceptors (Lipinski definition) is 26. The molecule has 1 aliphatic heterocycles. The predicted molar refractivity (Wildman–Crippen MR) is 568 cm³/mol. The number of nitrogen functional groups attached to an aromatic ring is 3. The zero-order valence-corrected chi connectivity index (χ0v) is 86.7. The number of halogens is 1. The van der Waals surface area contributed by atoms with Crippen molar-refractivity contribution in [2.75, 3.05) is 64.1 Å². The van der Waals surface area contributed by atoms with Gasteiger partial charge in [0.15, 0.2) is 0 Å². The number of likely N-dealkylation sites (N-methyl/N-ethyl adjacent to an activating group) is 1. The summed E-state index contributed by atoms with van der Waals surface area (Å²) in [6.45, 7) is 29.7. The monoisotopic (exact) mass is 1990 g/mol. The van der Waals surface area contributed by atoms with Gasteiger partial charge in [-0.3, -0.25) is 9.59 Å². The van der Waals surface area contributed by atoms with Gasteiger partial charge < -0.3 is 55.7 Å². The minimum absolute atomic E-state index is 0.0610. The molecule has 13 aromatic heterocycles. The summed E-state index contributed by atoms with van der Waals surface area (Å²) in [7, 11) is 3.75. The summed E-state index contributed by atoms with van der Waals surface area (Å²) in [6, 6.07) is 37.7. The Hall–Kier alpha value is -11.3. The maximum absolute atomic E-state index is 13.3. The molecule has 4 aliphatic rings. The predicted octanol–water partition coefficient (Wildman–Crippen LogP) is 26.7. The third kappa shape index (κ3) is 21.2. The average molecular weight is 1990 g/mol. The van der Waals surface area contributed by atoms with Crippen molar-refractivity contribution >= 4 is 189 Å². The summed E-state index contributed by atoms with van der Waals surface area (Å²) in [5, 5.41) is 12.7. The highest BCUT2D eigenvalue weighted by molar-refractivity contribution is 7.23. The van der Waals surface area contributed by atoms with Crippen LogP contribution in [0.2, 0.25) is 5.02 Å². The molecule has 1 fully saturated rings. The molecule has 0 unspecified atom stereocenters. The Morgan fingerprint density at radius 2 is 0.942 bits per heavy atom. The van der Waals surface area contributed by atoms with Crippen LogP contribution in [0.15, 0.2) is 137 Å². The number of anilines is 3. The van der Waals surface area contributed by atoms with Crippen LogP contribution in [0.25, 0.3) is 106 Å². The number of carbonyl (C=O) groups is 5. The fourth-order valence-corrected chi connectivity index (χ4v) is 26.1. The number of rotatable bonds is 16. The van der Waals surface area contributed by atoms with Gasteiger partial charge in [-0.25, -0.2) is 39.3 Å². The maximum atomic E-state index is 13.3. The van der Waals surface area contributed by atoms with Gasteiger partial charge in [0.05, 0.1) is 37.0 Å². The Labute approximate surface area is 832 Å². The molecule has 2 amide bonds. The van der Waals surface area contributed by atoms with Crippen molar-refractivity contribution in [3.8, 4) is 60.2 Å². The molecule has 0 bridgehead atoms. The van der Waals surface area contributed by atoms with Crippen LogP contribution in [-0.4, -0.2) is 123 Å². The van der Waals surface area contributed by atoms with E-state index in [-0.39, 0.29) is 23.8 Å². The summed E-state index contributed by atoms with van der Waals surface area (Å²) in [4.78, 5) is 103. The zero-order chi connectivity index (χ0) is 97.0. The molecule has 20 rings (SSSR count). The molecular formula is C108H116ClN11O10S7. The van der Waals surface area contributed by atoms with Crippen LogP contribution >= 0.6 is 91.0 Å². The van der Waals surface area contributed by atoms with Crippen molar-refractivity contribution in [2.45, 2.75) is 204 Å². The highest BCUT2D eigenvalue weighted by Crippen LogP contribution is 2.51. The second kappa shape index (κ2) is 42.6. The molecule has 137 heavy (non-hydrogen) atoms. The van der Waals surface area contributed by atoms with E-state index >= 15 is 0 Å². The lowest BCUT2D eigenvalue weighted by molar-refractivity contribution is 0.00635. The van der Waals surface area contributed by atoms with Gasteiger partial charge in [0, 0.05) is 131 Å². The minimum Gasteiger partial charge on any atom is -0.497 e. The van der Waals surface area contributed by atoms with E-state index < -0.39 is 17.2 Å². The maximum Gasteiger partial charge on any atom is 0.351 e. The van der Waals surface area contributed by atoms with E-state index in [1.807, 2.05) is 151 Å². The lowest BCUT2D eigenvalue weighted by Gasteiger charge is -2.32. The third-order valence-electron chi connectivity index (χ3n) is 25.2. The molecule has 0 atom stereocenters. The number of esters is 3. The number of hydrogen-bond donors (Lipinski definition) is 4. The Morgan fingerprint density at radius 1 is 0.474 bits per heavy atom. The number of methoxy groups -OCH3 is 1. The molecule has 0 saturated carbocycles. The van der Waals surface area contributed by atoms with E-state index in [2.05, 4.69) is 80.0 Å². The summed E-state index contributed by atoms with van der Waals surface area (Å²) < 4.78 is 27.3. The second-order valence-corrected chi connectivity index (χ2v) is 44.1. The Morgan fingerprint density at radius 3 is 1.44 bits per heavy atom. The SMILES string of the molecule is CC(C)(C)OC(=O)c1sc2nc3c(c(-c4cccs4)c2c1N)CCCCC3.CCOC(=O)c1sc2nc3c(c(-c4ccco4)c2c1N)CCC3.CCc1c(C)nc2sc(C(=O)NCc3ccccc3)c(-c3ccc(OC)cc3)c2c1C.CCc1c(C)nc2sc(C(=O)OC(C)(C)C)c(-c3cccc(Cl)c3)c2c1C.CN1CCN(C(=O)c2sc3nc4c(c(-c5cccs5)c3c2N)CCCCC4)CC1. The molecule has 1 saturated heterocycles. The van der Waals surface area contributed by atoms with Gasteiger partial charge in [0.2, 0.25) is 0 Å². The van der Waals surface area contributed by atoms with E-state index in [1.54, 1.807) is 43.0 Å². The number of fused-ring (bicyclic) bond motifs is 8. The van der Waals surface area contributed by atoms with Crippen molar-refractivity contribution in [1.29, 1.82) is 0 Å². The average Bonchev–Trinajstić information content (AvgIpc) is 1.66. The van der Waals surface area contributed by atoms with Crippen molar-refractivity contribution in [3.63, 3.8) is 0 Å². The first-order valence-electron chi connectivity index (χ1n) is 46.9. The molecule has 16 aromatic rings. The van der Waals surface area contributed by atoms with Crippen LogP contribution in [0.3, 0.4) is 0 Å². The third-order valence-corrected chi connectivity index (χ3v) is 32.6. The number of nitrogens with one attached hydrogen (secondary N) is 1. The van der Waals surface area contributed by atoms with Gasteiger partial charge >= 0.3 is 17.9 Å². The Balaban J connectivity index is 0.000000124. The molecular weight excluding hydrogens is 1870 g/mol. The highest BCUT2D eigenvalue weighted by atomic mass is 35.5. The molecule has 3 aliphatic carbocycles. The number of thiophene rings is 7. The number of aromatic nitrogens is 5. The number of furan rings is 1. The lowest BCUT2D eigenvalue weighted by Crippen LogP contribution is -2.47. The van der Waals surface area contributed by atoms with Gasteiger partial charge in [-0.05, 0) is 282 Å². The van der Waals surface area contributed by atoms with Crippen molar-refractivity contribution < 1.29 is 47.3 Å². The number of nitrogens with two attached hydrogens (primary N) is 3. The van der Waals surface area contributed by atoms with Crippen LogP contribution in [0.4, 0.5) is 17.1 Å². The van der Waals surface area contributed by atoms with Gasteiger partial charge in [-0.15, -0.1) is 79.4 Å². The quantitative estimate of drug-likeness (QED) is 0.0397. The Kier molecular flexibility index (Phi) is 30.7. The number of amides is 2. The molecule has 7 N–H and O–H groups in total. The van der Waals surface area contributed by atoms with E-state index in [1.165, 1.54) is 160 Å².